The fourth-order valence-electron chi connectivity index (χ4n) is 2.05. The molecular weight excluding hydrogens is 230 g/mol. The molecule has 1 aliphatic rings. The van der Waals surface area contributed by atoms with Crippen LogP contribution in [0, 0.1) is 0 Å². The molecular formula is C10H17NO4S. The quantitative estimate of drug-likeness (QED) is 0.705. The van der Waals surface area contributed by atoms with E-state index in [1.54, 1.807) is 0 Å². The number of carbonyl (C=O) groups is 1. The lowest BCUT2D eigenvalue weighted by atomic mass is 10.2. The van der Waals surface area contributed by atoms with Gasteiger partial charge in [-0.15, -0.1) is 6.58 Å². The highest BCUT2D eigenvalue weighted by molar-refractivity contribution is 7.89. The summed E-state index contributed by atoms with van der Waals surface area (Å²) in [5.74, 6) is -2.15. The number of carboxylic acid groups (broad SMARTS) is 1. The van der Waals surface area contributed by atoms with Gasteiger partial charge in [-0.3, -0.25) is 4.79 Å². The Kier molecular flexibility index (Phi) is 4.49. The van der Waals surface area contributed by atoms with E-state index in [4.69, 9.17) is 5.11 Å². The second kappa shape index (κ2) is 5.45. The molecule has 0 unspecified atom stereocenters. The van der Waals surface area contributed by atoms with Crippen molar-refractivity contribution in [2.24, 2.45) is 0 Å². The van der Waals surface area contributed by atoms with Gasteiger partial charge in [-0.25, -0.2) is 8.42 Å². The molecule has 1 saturated carbocycles. The van der Waals surface area contributed by atoms with Gasteiger partial charge in [0.25, 0.3) is 0 Å². The fraction of sp³-hybridized carbons (Fsp3) is 0.700. The Labute approximate surface area is 95.8 Å². The number of carboxylic acids is 1. The van der Waals surface area contributed by atoms with Gasteiger partial charge in [-0.1, -0.05) is 18.9 Å². The van der Waals surface area contributed by atoms with Crippen LogP contribution in [0.15, 0.2) is 12.7 Å². The van der Waals surface area contributed by atoms with Crippen LogP contribution in [-0.2, 0) is 14.8 Å². The molecule has 0 aliphatic heterocycles. The smallest absolute Gasteiger partial charge is 0.320 e. The lowest BCUT2D eigenvalue weighted by Crippen LogP contribution is -2.41. The fourth-order valence-corrected chi connectivity index (χ4v) is 3.52. The van der Waals surface area contributed by atoms with E-state index in [2.05, 4.69) is 6.58 Å². The summed E-state index contributed by atoms with van der Waals surface area (Å²) >= 11 is 0. The Morgan fingerprint density at radius 2 is 2.00 bits per heavy atom. The van der Waals surface area contributed by atoms with Crippen LogP contribution < -0.4 is 0 Å². The van der Waals surface area contributed by atoms with Crippen molar-refractivity contribution in [3.8, 4) is 0 Å². The maximum atomic E-state index is 11.8. The van der Waals surface area contributed by atoms with E-state index in [9.17, 15) is 13.2 Å². The molecule has 1 N–H and O–H groups in total. The molecule has 0 bridgehead atoms. The average Bonchev–Trinajstić information content (AvgIpc) is 2.64. The minimum absolute atomic E-state index is 0.0534. The summed E-state index contributed by atoms with van der Waals surface area (Å²) in [5, 5.41) is 8.58. The summed E-state index contributed by atoms with van der Waals surface area (Å²) in [6.45, 7) is 3.71. The molecule has 0 saturated heterocycles. The molecule has 0 radical (unpaired) electrons. The van der Waals surface area contributed by atoms with E-state index in [-0.39, 0.29) is 12.6 Å². The highest BCUT2D eigenvalue weighted by atomic mass is 32.2. The lowest BCUT2D eigenvalue weighted by Gasteiger charge is -2.26. The average molecular weight is 247 g/mol. The first-order chi connectivity index (χ1) is 7.47. The van der Waals surface area contributed by atoms with Crippen LogP contribution in [0.4, 0.5) is 0 Å². The van der Waals surface area contributed by atoms with Crippen LogP contribution in [0.1, 0.15) is 25.7 Å². The van der Waals surface area contributed by atoms with E-state index in [0.717, 1.165) is 25.7 Å². The Hall–Kier alpha value is -0.880. The summed E-state index contributed by atoms with van der Waals surface area (Å²) in [7, 11) is -3.70. The highest BCUT2D eigenvalue weighted by Gasteiger charge is 2.32. The topological polar surface area (TPSA) is 74.7 Å². The third kappa shape index (κ3) is 3.31. The first kappa shape index (κ1) is 13.2. The molecule has 0 aromatic carbocycles. The molecule has 0 atom stereocenters. The summed E-state index contributed by atoms with van der Waals surface area (Å²) < 4.78 is 24.9. The third-order valence-electron chi connectivity index (χ3n) is 2.70. The zero-order valence-electron chi connectivity index (χ0n) is 9.13. The van der Waals surface area contributed by atoms with Gasteiger partial charge in [0.05, 0.1) is 0 Å². The Morgan fingerprint density at radius 1 is 1.44 bits per heavy atom. The van der Waals surface area contributed by atoms with E-state index in [1.807, 2.05) is 0 Å². The molecule has 0 spiro atoms. The van der Waals surface area contributed by atoms with Crippen molar-refractivity contribution in [2.75, 3.05) is 12.3 Å². The molecule has 92 valence electrons. The molecule has 6 heteroatoms. The molecule has 0 aromatic heterocycles. The van der Waals surface area contributed by atoms with Gasteiger partial charge in [0.15, 0.2) is 5.75 Å². The number of nitrogens with zero attached hydrogens (tertiary/aromatic N) is 1. The number of hydrogen-bond donors (Lipinski definition) is 1. The predicted octanol–water partition coefficient (Wildman–Crippen LogP) is 0.831. The van der Waals surface area contributed by atoms with Gasteiger partial charge in [0.1, 0.15) is 0 Å². The largest absolute Gasteiger partial charge is 0.480 e. The van der Waals surface area contributed by atoms with Crippen LogP contribution in [0.3, 0.4) is 0 Å². The molecule has 16 heavy (non-hydrogen) atoms. The third-order valence-corrected chi connectivity index (χ3v) is 4.48. The Bertz CT molecular complexity index is 357. The molecule has 0 aromatic rings. The van der Waals surface area contributed by atoms with Crippen molar-refractivity contribution < 1.29 is 18.3 Å². The van der Waals surface area contributed by atoms with E-state index >= 15 is 0 Å². The van der Waals surface area contributed by atoms with Crippen molar-refractivity contribution in [3.63, 3.8) is 0 Å². The highest BCUT2D eigenvalue weighted by Crippen LogP contribution is 2.25. The normalized spacial score (nSPS) is 17.8. The van der Waals surface area contributed by atoms with Crippen LogP contribution in [-0.4, -0.2) is 42.1 Å². The molecule has 5 nitrogen and oxygen atoms in total. The molecule has 1 rings (SSSR count). The van der Waals surface area contributed by atoms with E-state index in [0.29, 0.717) is 0 Å². The maximum absolute atomic E-state index is 11.8. The predicted molar refractivity (Wildman–Crippen MR) is 60.6 cm³/mol. The zero-order chi connectivity index (χ0) is 12.2. The molecule has 1 fully saturated rings. The van der Waals surface area contributed by atoms with Crippen molar-refractivity contribution in [1.82, 2.24) is 4.31 Å². The monoisotopic (exact) mass is 247 g/mol. The van der Waals surface area contributed by atoms with Gasteiger partial charge in [-0.05, 0) is 12.8 Å². The summed E-state index contributed by atoms with van der Waals surface area (Å²) in [4.78, 5) is 10.5. The summed E-state index contributed by atoms with van der Waals surface area (Å²) in [5.41, 5.74) is 0. The minimum Gasteiger partial charge on any atom is -0.480 e. The van der Waals surface area contributed by atoms with Crippen LogP contribution in [0.5, 0.6) is 0 Å². The number of aliphatic carboxylic acids is 1. The standard InChI is InChI=1S/C10H17NO4S/c1-2-7-11(9-5-3-4-6-9)16(14,15)8-10(12)13/h2,9H,1,3-8H2,(H,12,13). The van der Waals surface area contributed by atoms with Gasteiger partial charge < -0.3 is 5.11 Å². The van der Waals surface area contributed by atoms with Crippen LogP contribution in [0.25, 0.3) is 0 Å². The first-order valence-electron chi connectivity index (χ1n) is 5.29. The van der Waals surface area contributed by atoms with Crippen LogP contribution in [0.2, 0.25) is 0 Å². The molecule has 0 heterocycles. The first-order valence-corrected chi connectivity index (χ1v) is 6.90. The van der Waals surface area contributed by atoms with Crippen molar-refractivity contribution in [2.45, 2.75) is 31.7 Å². The maximum Gasteiger partial charge on any atom is 0.320 e. The molecule has 0 amide bonds. The number of hydrogen-bond acceptors (Lipinski definition) is 3. The van der Waals surface area contributed by atoms with E-state index < -0.39 is 21.7 Å². The SMILES string of the molecule is C=CCN(C1CCCC1)S(=O)(=O)CC(=O)O. The van der Waals surface area contributed by atoms with Crippen molar-refractivity contribution in [1.29, 1.82) is 0 Å². The van der Waals surface area contributed by atoms with Crippen molar-refractivity contribution >= 4 is 16.0 Å². The Balaban J connectivity index is 2.82. The lowest BCUT2D eigenvalue weighted by molar-refractivity contribution is -0.134. The van der Waals surface area contributed by atoms with Crippen LogP contribution >= 0.6 is 0 Å². The Morgan fingerprint density at radius 3 is 2.44 bits per heavy atom. The number of rotatable bonds is 6. The van der Waals surface area contributed by atoms with Crippen molar-refractivity contribution in [3.05, 3.63) is 12.7 Å². The summed E-state index contributed by atoms with van der Waals surface area (Å²) in [6.07, 6.45) is 5.12. The van der Waals surface area contributed by atoms with E-state index in [1.165, 1.54) is 10.4 Å². The zero-order valence-corrected chi connectivity index (χ0v) is 9.95. The van der Waals surface area contributed by atoms with Gasteiger partial charge in [-0.2, -0.15) is 4.31 Å². The second-order valence-corrected chi connectivity index (χ2v) is 5.87. The number of sulfonamides is 1. The van der Waals surface area contributed by atoms with Gasteiger partial charge >= 0.3 is 5.97 Å². The van der Waals surface area contributed by atoms with Gasteiger partial charge in [0.2, 0.25) is 10.0 Å². The molecule has 1 aliphatic carbocycles. The second-order valence-electron chi connectivity index (χ2n) is 3.95. The summed E-state index contributed by atoms with van der Waals surface area (Å²) in [6, 6.07) is -0.0534. The van der Waals surface area contributed by atoms with Gasteiger partial charge in [0, 0.05) is 12.6 Å². The minimum atomic E-state index is -3.70.